The first-order chi connectivity index (χ1) is 23.8. The lowest BCUT2D eigenvalue weighted by Gasteiger charge is -2.28. The topological polar surface area (TPSA) is 212 Å². The van der Waals surface area contributed by atoms with Gasteiger partial charge in [-0.25, -0.2) is 23.6 Å². The van der Waals surface area contributed by atoms with Crippen LogP contribution in [0.15, 0.2) is 58.7 Å². The minimum atomic E-state index is -1.41. The van der Waals surface area contributed by atoms with Gasteiger partial charge in [-0.15, -0.1) is 0 Å². The van der Waals surface area contributed by atoms with Gasteiger partial charge in [0, 0.05) is 42.5 Å². The maximum atomic E-state index is 16.3. The van der Waals surface area contributed by atoms with Crippen molar-refractivity contribution >= 4 is 35.6 Å². The number of amidine groups is 2. The number of halogens is 2. The van der Waals surface area contributed by atoms with Crippen molar-refractivity contribution in [2.45, 2.75) is 38.6 Å². The molecule has 0 bridgehead atoms. The quantitative estimate of drug-likeness (QED) is 0.0488. The molecule has 1 aliphatic heterocycles. The number of nitrogens with one attached hydrogen (secondary N) is 5. The molecule has 3 rings (SSSR count). The second kappa shape index (κ2) is 18.8. The Labute approximate surface area is 287 Å². The Hall–Kier alpha value is -5.65. The zero-order valence-electron chi connectivity index (χ0n) is 28.3. The first kappa shape index (κ1) is 38.8. The number of anilines is 1. The van der Waals surface area contributed by atoms with E-state index >= 15 is 4.39 Å². The first-order valence-corrected chi connectivity index (χ1v) is 15.2. The summed E-state index contributed by atoms with van der Waals surface area (Å²) >= 11 is 0. The number of nitrogens with two attached hydrogens (primary N) is 1. The molecule has 0 aliphatic carbocycles. The number of hydrogen-bond acceptors (Lipinski definition) is 14. The van der Waals surface area contributed by atoms with E-state index in [1.54, 1.807) is 43.6 Å². The normalized spacial score (nSPS) is 13.9. The molecule has 272 valence electrons. The molecule has 18 heteroatoms. The van der Waals surface area contributed by atoms with Crippen LogP contribution in [0.2, 0.25) is 0 Å². The number of likely N-dealkylation sites (N-methyl/N-ethyl adjacent to an activating group) is 1. The molecule has 1 unspecified atom stereocenters. The van der Waals surface area contributed by atoms with Gasteiger partial charge < -0.3 is 44.8 Å². The summed E-state index contributed by atoms with van der Waals surface area (Å²) in [6.07, 6.45) is 1.08. The van der Waals surface area contributed by atoms with E-state index in [1.807, 2.05) is 0 Å². The summed E-state index contributed by atoms with van der Waals surface area (Å²) in [5, 5.41) is 19.8. The number of nitrogen functional groups attached to an aromatic ring is 1. The van der Waals surface area contributed by atoms with Gasteiger partial charge in [0.2, 0.25) is 12.8 Å². The number of rotatable bonds is 16. The van der Waals surface area contributed by atoms with Gasteiger partial charge in [0.25, 0.3) is 6.02 Å². The Bertz CT molecular complexity index is 1570. The SMILES string of the molecule is CNC(/N=C(\NC1=NC=CCN1)OCOC(=O)OC(C)(C)CF)[C@H](Nc1ccc(C(=N)N)cc1)c1cc(OC)cc(OCCOC(C)=O)c1F. The van der Waals surface area contributed by atoms with Gasteiger partial charge >= 0.3 is 12.1 Å². The highest BCUT2D eigenvalue weighted by molar-refractivity contribution is 5.97. The summed E-state index contributed by atoms with van der Waals surface area (Å²) in [7, 11) is 2.97. The molecule has 1 aliphatic rings. The Morgan fingerprint density at radius 3 is 2.50 bits per heavy atom. The molecule has 0 fully saturated rings. The second-order valence-corrected chi connectivity index (χ2v) is 11.0. The van der Waals surface area contributed by atoms with Gasteiger partial charge in [0.05, 0.1) is 13.2 Å². The standard InChI is InChI=1S/C32H42F2N8O8/c1-19(43)46-13-14-47-24-16-22(45-5)15-23(25(24)34)26(40-21-9-7-20(8-10-21)27(35)36)28(37-4)41-30(42-29-38-11-6-12-39-29)48-18-49-31(44)50-32(2,3)17-33/h6-11,15-16,26,28,37,40H,12-14,17-18H2,1-5H3,(H3,35,36)(H2,38,39,41,42)/t26-,28?/m1/s1. The van der Waals surface area contributed by atoms with Gasteiger partial charge in [-0.3, -0.25) is 20.8 Å². The monoisotopic (exact) mass is 704 g/mol. The third-order valence-electron chi connectivity index (χ3n) is 6.62. The Morgan fingerprint density at radius 2 is 1.90 bits per heavy atom. The highest BCUT2D eigenvalue weighted by Crippen LogP contribution is 2.35. The van der Waals surface area contributed by atoms with Gasteiger partial charge in [-0.1, -0.05) is 0 Å². The molecule has 1 heterocycles. The van der Waals surface area contributed by atoms with Crippen LogP contribution in [-0.4, -0.2) is 89.1 Å². The van der Waals surface area contributed by atoms with E-state index in [0.29, 0.717) is 17.8 Å². The Morgan fingerprint density at radius 1 is 1.16 bits per heavy atom. The number of carbonyl (C=O) groups is 2. The minimum Gasteiger partial charge on any atom is -0.497 e. The van der Waals surface area contributed by atoms with Crippen molar-refractivity contribution in [2.75, 3.05) is 52.7 Å². The van der Waals surface area contributed by atoms with Gasteiger partial charge in [-0.2, -0.15) is 0 Å². The molecule has 0 aromatic heterocycles. The number of benzene rings is 2. The summed E-state index contributed by atoms with van der Waals surface area (Å²) in [5.41, 5.74) is 5.21. The second-order valence-electron chi connectivity index (χ2n) is 11.0. The Balaban J connectivity index is 2.04. The van der Waals surface area contributed by atoms with Crippen LogP contribution in [0.1, 0.15) is 37.9 Å². The first-order valence-electron chi connectivity index (χ1n) is 15.2. The number of hydrogen-bond donors (Lipinski definition) is 6. The summed E-state index contributed by atoms with van der Waals surface area (Å²) < 4.78 is 61.0. The molecule has 0 amide bonds. The molecule has 0 spiro atoms. The summed E-state index contributed by atoms with van der Waals surface area (Å²) in [6.45, 7) is 2.52. The zero-order chi connectivity index (χ0) is 36.7. The summed E-state index contributed by atoms with van der Waals surface area (Å²) in [6, 6.07) is 8.07. The molecule has 2 aromatic carbocycles. The van der Waals surface area contributed by atoms with Crippen LogP contribution in [0.5, 0.6) is 11.5 Å². The molecule has 0 radical (unpaired) electrons. The third kappa shape index (κ3) is 12.1. The summed E-state index contributed by atoms with van der Waals surface area (Å²) in [4.78, 5) is 32.2. The van der Waals surface area contributed by atoms with E-state index in [9.17, 15) is 14.0 Å². The summed E-state index contributed by atoms with van der Waals surface area (Å²) in [5.74, 6) is -1.13. The fourth-order valence-electron chi connectivity index (χ4n) is 4.14. The van der Waals surface area contributed by atoms with Gasteiger partial charge in [0.1, 0.15) is 43.2 Å². The average Bonchev–Trinajstić information content (AvgIpc) is 3.09. The van der Waals surface area contributed by atoms with Crippen molar-refractivity contribution in [1.29, 1.82) is 5.41 Å². The number of nitrogens with zero attached hydrogens (tertiary/aromatic N) is 2. The van der Waals surface area contributed by atoms with Crippen molar-refractivity contribution in [2.24, 2.45) is 15.7 Å². The predicted molar refractivity (Wildman–Crippen MR) is 180 cm³/mol. The van der Waals surface area contributed by atoms with Crippen LogP contribution in [0.25, 0.3) is 0 Å². The lowest BCUT2D eigenvalue weighted by atomic mass is 10.0. The van der Waals surface area contributed by atoms with E-state index in [-0.39, 0.29) is 48.1 Å². The number of carbonyl (C=O) groups excluding carboxylic acids is 2. The Kier molecular flexibility index (Phi) is 14.6. The zero-order valence-corrected chi connectivity index (χ0v) is 28.3. The largest absolute Gasteiger partial charge is 0.511 e. The molecule has 50 heavy (non-hydrogen) atoms. The highest BCUT2D eigenvalue weighted by atomic mass is 19.1. The number of guanidine groups is 1. The van der Waals surface area contributed by atoms with E-state index < -0.39 is 49.2 Å². The van der Waals surface area contributed by atoms with Crippen LogP contribution in [0, 0.1) is 11.2 Å². The van der Waals surface area contributed by atoms with Crippen molar-refractivity contribution in [3.8, 4) is 11.5 Å². The molecule has 0 saturated heterocycles. The van der Waals surface area contributed by atoms with E-state index in [1.165, 1.54) is 40.0 Å². The van der Waals surface area contributed by atoms with Crippen molar-refractivity contribution in [3.05, 3.63) is 65.6 Å². The van der Waals surface area contributed by atoms with Crippen LogP contribution < -0.4 is 36.5 Å². The van der Waals surface area contributed by atoms with Crippen molar-refractivity contribution in [1.82, 2.24) is 16.0 Å². The number of alkyl halides is 1. The van der Waals surface area contributed by atoms with E-state index in [0.717, 1.165) is 0 Å². The molecular formula is C32H42F2N8O8. The third-order valence-corrected chi connectivity index (χ3v) is 6.62. The van der Waals surface area contributed by atoms with Crippen LogP contribution in [-0.2, 0) is 23.7 Å². The van der Waals surface area contributed by atoms with Gasteiger partial charge in [-0.05, 0) is 57.3 Å². The molecule has 0 saturated carbocycles. The maximum Gasteiger partial charge on any atom is 0.511 e. The number of ether oxygens (including phenoxy) is 6. The minimum absolute atomic E-state index is 0.0364. The van der Waals surface area contributed by atoms with Crippen molar-refractivity contribution in [3.63, 3.8) is 0 Å². The maximum absolute atomic E-state index is 16.3. The van der Waals surface area contributed by atoms with Crippen LogP contribution in [0.3, 0.4) is 0 Å². The fraction of sp³-hybridized carbons (Fsp3) is 0.406. The van der Waals surface area contributed by atoms with Crippen LogP contribution in [0.4, 0.5) is 19.3 Å². The molecule has 16 nitrogen and oxygen atoms in total. The van der Waals surface area contributed by atoms with E-state index in [4.69, 9.17) is 39.6 Å². The lowest BCUT2D eigenvalue weighted by molar-refractivity contribution is -0.141. The number of aliphatic imine (C=N–C) groups is 2. The lowest BCUT2D eigenvalue weighted by Crippen LogP contribution is -2.45. The molecule has 7 N–H and O–H groups in total. The number of esters is 1. The smallest absolute Gasteiger partial charge is 0.497 e. The molecular weight excluding hydrogens is 662 g/mol. The van der Waals surface area contributed by atoms with Crippen LogP contribution >= 0.6 is 0 Å². The van der Waals surface area contributed by atoms with Crippen molar-refractivity contribution < 1.29 is 46.8 Å². The predicted octanol–water partition coefficient (Wildman–Crippen LogP) is 3.05. The molecule has 2 atom stereocenters. The fourth-order valence-corrected chi connectivity index (χ4v) is 4.14. The van der Waals surface area contributed by atoms with E-state index in [2.05, 4.69) is 31.3 Å². The highest BCUT2D eigenvalue weighted by Gasteiger charge is 2.29. The number of methoxy groups -OCH3 is 1. The average molecular weight is 705 g/mol. The molecule has 2 aromatic rings. The van der Waals surface area contributed by atoms with Gasteiger partial charge in [0.15, 0.2) is 11.6 Å².